The molecule has 0 saturated carbocycles. The van der Waals surface area contributed by atoms with Crippen molar-refractivity contribution in [2.75, 3.05) is 26.7 Å². The molecule has 1 saturated heterocycles. The van der Waals surface area contributed by atoms with E-state index in [1.54, 1.807) is 18.2 Å². The lowest BCUT2D eigenvalue weighted by molar-refractivity contribution is -0.119. The second-order valence-electron chi connectivity index (χ2n) is 6.50. The van der Waals surface area contributed by atoms with Crippen LogP contribution >= 0.6 is 0 Å². The van der Waals surface area contributed by atoms with E-state index in [1.165, 1.54) is 18.3 Å². The molecule has 1 aromatic carbocycles. The smallest absolute Gasteiger partial charge is 0.246 e. The lowest BCUT2D eigenvalue weighted by atomic mass is 9.90. The molecule has 1 atom stereocenters. The molecule has 1 unspecified atom stereocenters. The lowest BCUT2D eigenvalue weighted by Crippen LogP contribution is -2.34. The Morgan fingerprint density at radius 1 is 1.46 bits per heavy atom. The van der Waals surface area contributed by atoms with Crippen molar-refractivity contribution >= 4 is 15.9 Å². The third-order valence-electron chi connectivity index (χ3n) is 4.40. The molecule has 0 radical (unpaired) electrons. The first-order chi connectivity index (χ1) is 11.2. The van der Waals surface area contributed by atoms with Gasteiger partial charge in [0.1, 0.15) is 10.6 Å². The van der Waals surface area contributed by atoms with E-state index in [9.17, 15) is 13.2 Å². The summed E-state index contributed by atoms with van der Waals surface area (Å²) < 4.78 is 32.7. The van der Waals surface area contributed by atoms with Crippen molar-refractivity contribution in [2.45, 2.75) is 31.7 Å². The van der Waals surface area contributed by atoms with Crippen LogP contribution in [0.15, 0.2) is 23.1 Å². The SMILES string of the molecule is COc1ccc(CNC(C)=O)cc1S(=O)(=O)N1CCC(C)(CN)C1. The van der Waals surface area contributed by atoms with E-state index in [2.05, 4.69) is 5.32 Å². The zero-order valence-corrected chi connectivity index (χ0v) is 15.1. The maximum Gasteiger partial charge on any atom is 0.246 e. The summed E-state index contributed by atoms with van der Waals surface area (Å²) in [6.07, 6.45) is 0.733. The second kappa shape index (κ2) is 7.08. The number of rotatable bonds is 6. The molecule has 0 aromatic heterocycles. The van der Waals surface area contributed by atoms with E-state index in [0.717, 1.165) is 6.42 Å². The second-order valence-corrected chi connectivity index (χ2v) is 8.40. The summed E-state index contributed by atoms with van der Waals surface area (Å²) in [6, 6.07) is 4.91. The van der Waals surface area contributed by atoms with Crippen LogP contribution in [0.2, 0.25) is 0 Å². The van der Waals surface area contributed by atoms with Crippen molar-refractivity contribution < 1.29 is 17.9 Å². The van der Waals surface area contributed by atoms with E-state index in [4.69, 9.17) is 10.5 Å². The van der Waals surface area contributed by atoms with E-state index in [0.29, 0.717) is 30.9 Å². The van der Waals surface area contributed by atoms with Gasteiger partial charge in [0.05, 0.1) is 7.11 Å². The van der Waals surface area contributed by atoms with E-state index in [1.807, 2.05) is 6.92 Å². The first kappa shape index (κ1) is 18.7. The van der Waals surface area contributed by atoms with Gasteiger partial charge in [-0.15, -0.1) is 0 Å². The topological polar surface area (TPSA) is 102 Å². The predicted octanol–water partition coefficient (Wildman–Crippen LogP) is 0.691. The summed E-state index contributed by atoms with van der Waals surface area (Å²) in [7, 11) is -2.24. The van der Waals surface area contributed by atoms with Crippen molar-refractivity contribution in [1.29, 1.82) is 0 Å². The average molecular weight is 355 g/mol. The molecule has 7 nitrogen and oxygen atoms in total. The largest absolute Gasteiger partial charge is 0.495 e. The zero-order chi connectivity index (χ0) is 18.0. The highest BCUT2D eigenvalue weighted by molar-refractivity contribution is 7.89. The van der Waals surface area contributed by atoms with Gasteiger partial charge >= 0.3 is 0 Å². The quantitative estimate of drug-likeness (QED) is 0.782. The number of benzene rings is 1. The van der Waals surface area contributed by atoms with Crippen LogP contribution in [-0.4, -0.2) is 45.4 Å². The minimum atomic E-state index is -3.68. The Labute approximate surface area is 143 Å². The molecule has 0 spiro atoms. The van der Waals surface area contributed by atoms with E-state index in [-0.39, 0.29) is 22.8 Å². The molecular weight excluding hydrogens is 330 g/mol. The molecule has 0 bridgehead atoms. The normalized spacial score (nSPS) is 21.7. The van der Waals surface area contributed by atoms with Gasteiger partial charge in [-0.1, -0.05) is 13.0 Å². The van der Waals surface area contributed by atoms with E-state index < -0.39 is 10.0 Å². The Kier molecular flexibility index (Phi) is 5.52. The maximum absolute atomic E-state index is 13.0. The lowest BCUT2D eigenvalue weighted by Gasteiger charge is -2.23. The summed E-state index contributed by atoms with van der Waals surface area (Å²) >= 11 is 0. The van der Waals surface area contributed by atoms with Gasteiger partial charge in [-0.25, -0.2) is 8.42 Å². The molecule has 1 aliphatic heterocycles. The summed E-state index contributed by atoms with van der Waals surface area (Å²) in [5.41, 5.74) is 6.27. The van der Waals surface area contributed by atoms with Gasteiger partial charge in [0.15, 0.2) is 0 Å². The average Bonchev–Trinajstić information content (AvgIpc) is 2.96. The molecule has 1 amide bonds. The first-order valence-electron chi connectivity index (χ1n) is 7.83. The number of nitrogens with one attached hydrogen (secondary N) is 1. The van der Waals surface area contributed by atoms with Crippen LogP contribution in [0.3, 0.4) is 0 Å². The highest BCUT2D eigenvalue weighted by Gasteiger charge is 2.40. The number of carbonyl (C=O) groups excluding carboxylic acids is 1. The van der Waals surface area contributed by atoms with Gasteiger partial charge < -0.3 is 15.8 Å². The molecule has 1 aromatic rings. The van der Waals surface area contributed by atoms with Gasteiger partial charge in [-0.05, 0) is 36.1 Å². The molecule has 134 valence electrons. The van der Waals surface area contributed by atoms with Gasteiger partial charge in [0.2, 0.25) is 15.9 Å². The molecular formula is C16H25N3O4S. The maximum atomic E-state index is 13.0. The number of methoxy groups -OCH3 is 1. The number of amides is 1. The molecule has 1 aliphatic rings. The van der Waals surface area contributed by atoms with Crippen LogP contribution in [-0.2, 0) is 21.4 Å². The Hall–Kier alpha value is -1.64. The minimum Gasteiger partial charge on any atom is -0.495 e. The Balaban J connectivity index is 2.34. The summed E-state index contributed by atoms with van der Waals surface area (Å²) in [5.74, 6) is 0.122. The Morgan fingerprint density at radius 3 is 2.71 bits per heavy atom. The molecule has 1 fully saturated rings. The molecule has 2 rings (SSSR count). The Bertz CT molecular complexity index is 720. The number of carbonyl (C=O) groups is 1. The first-order valence-corrected chi connectivity index (χ1v) is 9.27. The van der Waals surface area contributed by atoms with Gasteiger partial charge in [-0.3, -0.25) is 4.79 Å². The monoisotopic (exact) mass is 355 g/mol. The Morgan fingerprint density at radius 2 is 2.17 bits per heavy atom. The fraction of sp³-hybridized carbons (Fsp3) is 0.562. The fourth-order valence-corrected chi connectivity index (χ4v) is 4.55. The summed E-state index contributed by atoms with van der Waals surface area (Å²) in [4.78, 5) is 11.2. The van der Waals surface area contributed by atoms with Crippen LogP contribution in [0.25, 0.3) is 0 Å². The third kappa shape index (κ3) is 3.88. The number of nitrogens with zero attached hydrogens (tertiary/aromatic N) is 1. The van der Waals surface area contributed by atoms with Crippen LogP contribution < -0.4 is 15.8 Å². The number of hydrogen-bond donors (Lipinski definition) is 2. The number of nitrogens with two attached hydrogens (primary N) is 1. The minimum absolute atomic E-state index is 0.120. The summed E-state index contributed by atoms with van der Waals surface area (Å²) in [5, 5.41) is 2.67. The summed E-state index contributed by atoms with van der Waals surface area (Å²) in [6.45, 7) is 4.95. The van der Waals surface area contributed by atoms with Gasteiger partial charge in [0, 0.05) is 26.6 Å². The zero-order valence-electron chi connectivity index (χ0n) is 14.3. The van der Waals surface area contributed by atoms with Crippen molar-refractivity contribution in [3.8, 4) is 5.75 Å². The van der Waals surface area contributed by atoms with Crippen LogP contribution in [0, 0.1) is 5.41 Å². The van der Waals surface area contributed by atoms with Crippen molar-refractivity contribution in [2.24, 2.45) is 11.1 Å². The molecule has 3 N–H and O–H groups in total. The fourth-order valence-electron chi connectivity index (χ4n) is 2.75. The van der Waals surface area contributed by atoms with Crippen LogP contribution in [0.5, 0.6) is 5.75 Å². The predicted molar refractivity (Wildman–Crippen MR) is 91.1 cm³/mol. The molecule has 8 heteroatoms. The third-order valence-corrected chi connectivity index (χ3v) is 6.27. The van der Waals surface area contributed by atoms with Gasteiger partial charge in [-0.2, -0.15) is 4.31 Å². The standard InChI is InChI=1S/C16H25N3O4S/c1-12(20)18-9-13-4-5-14(23-3)15(8-13)24(21,22)19-7-6-16(2,10-17)11-19/h4-5,8H,6-7,9-11,17H2,1-3H3,(H,18,20). The molecule has 0 aliphatic carbocycles. The molecule has 1 heterocycles. The number of ether oxygens (including phenoxy) is 1. The van der Waals surface area contributed by atoms with E-state index >= 15 is 0 Å². The van der Waals surface area contributed by atoms with Crippen LogP contribution in [0.4, 0.5) is 0 Å². The number of hydrogen-bond acceptors (Lipinski definition) is 5. The van der Waals surface area contributed by atoms with Crippen molar-refractivity contribution in [1.82, 2.24) is 9.62 Å². The van der Waals surface area contributed by atoms with Crippen molar-refractivity contribution in [3.63, 3.8) is 0 Å². The number of sulfonamides is 1. The highest BCUT2D eigenvalue weighted by atomic mass is 32.2. The van der Waals surface area contributed by atoms with Crippen molar-refractivity contribution in [3.05, 3.63) is 23.8 Å². The van der Waals surface area contributed by atoms with Gasteiger partial charge in [0.25, 0.3) is 0 Å². The van der Waals surface area contributed by atoms with Crippen LogP contribution in [0.1, 0.15) is 25.8 Å². The molecule has 24 heavy (non-hydrogen) atoms. The highest BCUT2D eigenvalue weighted by Crippen LogP contribution is 2.35.